The van der Waals surface area contributed by atoms with Crippen LogP contribution < -0.4 is 5.32 Å². The van der Waals surface area contributed by atoms with Gasteiger partial charge in [0, 0.05) is 24.6 Å². The van der Waals surface area contributed by atoms with E-state index in [2.05, 4.69) is 31.3 Å². The number of carbonyl (C=O) groups is 2. The fraction of sp³-hybridized carbons (Fsp3) is 0.440. The van der Waals surface area contributed by atoms with Crippen molar-refractivity contribution in [2.75, 3.05) is 13.1 Å². The molecule has 1 aliphatic heterocycles. The second-order valence-corrected chi connectivity index (χ2v) is 8.69. The highest BCUT2D eigenvalue weighted by Gasteiger charge is 2.31. The van der Waals surface area contributed by atoms with Crippen molar-refractivity contribution in [1.29, 1.82) is 0 Å². The van der Waals surface area contributed by atoms with Crippen molar-refractivity contribution in [2.45, 2.75) is 51.7 Å². The van der Waals surface area contributed by atoms with Crippen LogP contribution in [-0.4, -0.2) is 29.8 Å². The van der Waals surface area contributed by atoms with Crippen LogP contribution in [0.5, 0.6) is 0 Å². The molecule has 172 valence electrons. The van der Waals surface area contributed by atoms with Crippen LogP contribution in [0.25, 0.3) is 0 Å². The third-order valence-electron chi connectivity index (χ3n) is 6.07. The Bertz CT molecular complexity index is 929. The lowest BCUT2D eigenvalue weighted by molar-refractivity contribution is -0.137. The van der Waals surface area contributed by atoms with Gasteiger partial charge in [0.15, 0.2) is 0 Å². The predicted octanol–water partition coefficient (Wildman–Crippen LogP) is 5.56. The molecule has 1 unspecified atom stereocenters. The first-order valence-corrected chi connectivity index (χ1v) is 10.9. The molecule has 0 spiro atoms. The van der Waals surface area contributed by atoms with Gasteiger partial charge in [-0.15, -0.1) is 0 Å². The van der Waals surface area contributed by atoms with E-state index in [-0.39, 0.29) is 29.3 Å². The molecule has 7 heteroatoms. The fourth-order valence-electron chi connectivity index (χ4n) is 3.91. The molecule has 1 heterocycles. The zero-order chi connectivity index (χ0) is 23.5. The Hall–Kier alpha value is -2.83. The van der Waals surface area contributed by atoms with Crippen LogP contribution in [0.4, 0.5) is 13.2 Å². The number of nitrogens with one attached hydrogen (secondary N) is 1. The SMILES string of the molecule is CC(C)c1ccc(C(C)NC(=O)C2CCN(C(=O)c3ccc(C(F)(F)F)cc3)CC2)cc1. The number of amides is 2. The largest absolute Gasteiger partial charge is 0.416 e. The summed E-state index contributed by atoms with van der Waals surface area (Å²) in [5.74, 6) is -0.0864. The highest BCUT2D eigenvalue weighted by atomic mass is 19.4. The molecule has 0 aliphatic carbocycles. The maximum Gasteiger partial charge on any atom is 0.416 e. The Morgan fingerprint density at radius 3 is 1.94 bits per heavy atom. The first kappa shape index (κ1) is 23.8. The van der Waals surface area contributed by atoms with Gasteiger partial charge >= 0.3 is 6.18 Å². The summed E-state index contributed by atoms with van der Waals surface area (Å²) in [6, 6.07) is 12.4. The third-order valence-corrected chi connectivity index (χ3v) is 6.07. The van der Waals surface area contributed by atoms with Crippen LogP contribution in [0, 0.1) is 5.92 Å². The lowest BCUT2D eigenvalue weighted by Crippen LogP contribution is -2.43. The molecule has 0 aromatic heterocycles. The Morgan fingerprint density at radius 2 is 1.44 bits per heavy atom. The number of hydrogen-bond acceptors (Lipinski definition) is 2. The van der Waals surface area contributed by atoms with Crippen molar-refractivity contribution in [3.8, 4) is 0 Å². The molecule has 2 amide bonds. The minimum atomic E-state index is -4.43. The molecule has 2 aromatic rings. The quantitative estimate of drug-likeness (QED) is 0.654. The maximum atomic E-state index is 12.7. The van der Waals surface area contributed by atoms with Crippen molar-refractivity contribution in [2.24, 2.45) is 5.92 Å². The monoisotopic (exact) mass is 446 g/mol. The number of piperidine rings is 1. The summed E-state index contributed by atoms with van der Waals surface area (Å²) in [6.07, 6.45) is -3.38. The smallest absolute Gasteiger partial charge is 0.349 e. The zero-order valence-corrected chi connectivity index (χ0v) is 18.6. The number of halogens is 3. The molecule has 3 rings (SSSR count). The van der Waals surface area contributed by atoms with Gasteiger partial charge in [-0.1, -0.05) is 38.1 Å². The lowest BCUT2D eigenvalue weighted by Gasteiger charge is -2.32. The Morgan fingerprint density at radius 1 is 0.906 bits per heavy atom. The van der Waals surface area contributed by atoms with Gasteiger partial charge in [0.25, 0.3) is 5.91 Å². The summed E-state index contributed by atoms with van der Waals surface area (Å²) in [6.45, 7) is 7.01. The van der Waals surface area contributed by atoms with E-state index in [1.54, 1.807) is 4.90 Å². The van der Waals surface area contributed by atoms with Crippen LogP contribution in [0.15, 0.2) is 48.5 Å². The van der Waals surface area contributed by atoms with Crippen molar-refractivity contribution < 1.29 is 22.8 Å². The topological polar surface area (TPSA) is 49.4 Å². The first-order valence-electron chi connectivity index (χ1n) is 10.9. The van der Waals surface area contributed by atoms with Gasteiger partial charge in [-0.3, -0.25) is 9.59 Å². The summed E-state index contributed by atoms with van der Waals surface area (Å²) in [5.41, 5.74) is 1.73. The second-order valence-electron chi connectivity index (χ2n) is 8.69. The minimum absolute atomic E-state index is 0.0351. The Labute approximate surface area is 186 Å². The van der Waals surface area contributed by atoms with E-state index >= 15 is 0 Å². The van der Waals surface area contributed by atoms with Crippen LogP contribution >= 0.6 is 0 Å². The molecular weight excluding hydrogens is 417 g/mol. The molecule has 1 atom stereocenters. The molecule has 1 fully saturated rings. The van der Waals surface area contributed by atoms with E-state index in [1.165, 1.54) is 17.7 Å². The molecule has 0 radical (unpaired) electrons. The molecule has 1 saturated heterocycles. The number of carbonyl (C=O) groups excluding carboxylic acids is 2. The zero-order valence-electron chi connectivity index (χ0n) is 18.6. The summed E-state index contributed by atoms with van der Waals surface area (Å²) >= 11 is 0. The van der Waals surface area contributed by atoms with Crippen LogP contribution in [-0.2, 0) is 11.0 Å². The number of alkyl halides is 3. The molecule has 32 heavy (non-hydrogen) atoms. The number of likely N-dealkylation sites (tertiary alicyclic amines) is 1. The van der Waals surface area contributed by atoms with Gasteiger partial charge in [-0.2, -0.15) is 13.2 Å². The van der Waals surface area contributed by atoms with Crippen molar-refractivity contribution >= 4 is 11.8 Å². The fourth-order valence-corrected chi connectivity index (χ4v) is 3.91. The summed E-state index contributed by atoms with van der Waals surface area (Å²) < 4.78 is 38.1. The van der Waals surface area contributed by atoms with Gasteiger partial charge in [0.1, 0.15) is 0 Å². The standard InChI is InChI=1S/C25H29F3N2O2/c1-16(2)18-4-6-19(7-5-18)17(3)29-23(31)20-12-14-30(15-13-20)24(32)21-8-10-22(11-9-21)25(26,27)28/h4-11,16-17,20H,12-15H2,1-3H3,(H,29,31). The average Bonchev–Trinajstić information content (AvgIpc) is 2.78. The average molecular weight is 447 g/mol. The summed E-state index contributed by atoms with van der Waals surface area (Å²) in [5, 5.41) is 3.06. The van der Waals surface area contributed by atoms with E-state index in [0.717, 1.165) is 17.7 Å². The van der Waals surface area contributed by atoms with Crippen LogP contribution in [0.1, 0.15) is 72.6 Å². The molecule has 0 bridgehead atoms. The number of hydrogen-bond donors (Lipinski definition) is 1. The van der Waals surface area contributed by atoms with E-state index in [9.17, 15) is 22.8 Å². The van der Waals surface area contributed by atoms with Gasteiger partial charge in [-0.05, 0) is 61.1 Å². The lowest BCUT2D eigenvalue weighted by atomic mass is 9.94. The Kier molecular flexibility index (Phi) is 7.26. The van der Waals surface area contributed by atoms with E-state index in [0.29, 0.717) is 31.8 Å². The number of benzene rings is 2. The molecule has 4 nitrogen and oxygen atoms in total. The van der Waals surface area contributed by atoms with Crippen molar-refractivity contribution in [1.82, 2.24) is 10.2 Å². The highest BCUT2D eigenvalue weighted by Crippen LogP contribution is 2.29. The molecule has 1 aliphatic rings. The third kappa shape index (κ3) is 5.69. The second kappa shape index (κ2) is 9.76. The summed E-state index contributed by atoms with van der Waals surface area (Å²) in [7, 11) is 0. The minimum Gasteiger partial charge on any atom is -0.349 e. The Balaban J connectivity index is 1.52. The number of rotatable bonds is 5. The molecule has 0 saturated carbocycles. The number of nitrogens with zero attached hydrogens (tertiary/aromatic N) is 1. The molecule has 1 N–H and O–H groups in total. The van der Waals surface area contributed by atoms with Crippen molar-refractivity contribution in [3.63, 3.8) is 0 Å². The van der Waals surface area contributed by atoms with Crippen LogP contribution in [0.2, 0.25) is 0 Å². The maximum absolute atomic E-state index is 12.7. The normalized spacial score (nSPS) is 16.2. The van der Waals surface area contributed by atoms with Gasteiger partial charge in [-0.25, -0.2) is 0 Å². The highest BCUT2D eigenvalue weighted by molar-refractivity contribution is 5.94. The van der Waals surface area contributed by atoms with E-state index < -0.39 is 11.7 Å². The van der Waals surface area contributed by atoms with Gasteiger partial charge < -0.3 is 10.2 Å². The van der Waals surface area contributed by atoms with E-state index in [1.807, 2.05) is 19.1 Å². The summed E-state index contributed by atoms with van der Waals surface area (Å²) in [4.78, 5) is 26.9. The van der Waals surface area contributed by atoms with E-state index in [4.69, 9.17) is 0 Å². The van der Waals surface area contributed by atoms with Gasteiger partial charge in [0.2, 0.25) is 5.91 Å². The predicted molar refractivity (Wildman–Crippen MR) is 117 cm³/mol. The van der Waals surface area contributed by atoms with Crippen molar-refractivity contribution in [3.05, 3.63) is 70.8 Å². The van der Waals surface area contributed by atoms with Gasteiger partial charge in [0.05, 0.1) is 11.6 Å². The molecule has 2 aromatic carbocycles. The molecular formula is C25H29F3N2O2. The first-order chi connectivity index (χ1) is 15.1. The van der Waals surface area contributed by atoms with Crippen LogP contribution in [0.3, 0.4) is 0 Å².